The second-order valence-corrected chi connectivity index (χ2v) is 5.38. The summed E-state index contributed by atoms with van der Waals surface area (Å²) in [6.07, 6.45) is 6.65. The van der Waals surface area contributed by atoms with Crippen LogP contribution in [0.25, 0.3) is 0 Å². The van der Waals surface area contributed by atoms with Crippen LogP contribution in [0.5, 0.6) is 0 Å². The van der Waals surface area contributed by atoms with E-state index in [1.54, 1.807) is 11.3 Å². The summed E-state index contributed by atoms with van der Waals surface area (Å²) in [5.74, 6) is 0. The van der Waals surface area contributed by atoms with Crippen molar-refractivity contribution in [2.45, 2.75) is 44.2 Å². The van der Waals surface area contributed by atoms with Gasteiger partial charge in [0.15, 0.2) is 0 Å². The lowest BCUT2D eigenvalue weighted by Gasteiger charge is -2.46. The third kappa shape index (κ3) is 2.29. The number of ether oxygens (including phenoxy) is 1. The van der Waals surface area contributed by atoms with Crippen molar-refractivity contribution in [2.24, 2.45) is 0 Å². The lowest BCUT2D eigenvalue weighted by atomic mass is 9.73. The highest BCUT2D eigenvalue weighted by Crippen LogP contribution is 2.39. The van der Waals surface area contributed by atoms with E-state index >= 15 is 0 Å². The zero-order valence-electron chi connectivity index (χ0n) is 10.0. The first-order chi connectivity index (χ1) is 7.80. The van der Waals surface area contributed by atoms with Gasteiger partial charge in [0.05, 0.1) is 11.1 Å². The summed E-state index contributed by atoms with van der Waals surface area (Å²) in [6, 6.07) is 0.427. The van der Waals surface area contributed by atoms with Crippen LogP contribution in [0.15, 0.2) is 11.7 Å². The first kappa shape index (κ1) is 12.0. The van der Waals surface area contributed by atoms with Gasteiger partial charge in [-0.15, -0.1) is 11.3 Å². The van der Waals surface area contributed by atoms with Crippen LogP contribution in [0.1, 0.15) is 31.1 Å². The van der Waals surface area contributed by atoms with Crippen LogP contribution in [0.3, 0.4) is 0 Å². The molecular formula is C12H20N2OS. The summed E-state index contributed by atoms with van der Waals surface area (Å²) in [5, 5.41) is 3.57. The van der Waals surface area contributed by atoms with Gasteiger partial charge in [0.2, 0.25) is 0 Å². The van der Waals surface area contributed by atoms with Crippen LogP contribution in [0.2, 0.25) is 0 Å². The highest BCUT2D eigenvalue weighted by atomic mass is 32.1. The first-order valence-corrected chi connectivity index (χ1v) is 6.84. The molecular weight excluding hydrogens is 220 g/mol. The molecule has 1 atom stereocenters. The van der Waals surface area contributed by atoms with E-state index in [1.165, 1.54) is 24.1 Å². The standard InChI is InChI=1S/C12H20N2OS/c1-3-14-11(7-10-8-13-9-16-10)12(15-2)5-4-6-12/h8-9,11,14H,3-7H2,1-2H3. The minimum absolute atomic E-state index is 0.0694. The molecule has 0 bridgehead atoms. The Morgan fingerprint density at radius 2 is 2.44 bits per heavy atom. The van der Waals surface area contributed by atoms with Gasteiger partial charge in [0, 0.05) is 30.6 Å². The average Bonchev–Trinajstić information content (AvgIpc) is 2.70. The summed E-state index contributed by atoms with van der Waals surface area (Å²) in [7, 11) is 1.84. The quantitative estimate of drug-likeness (QED) is 0.828. The maximum absolute atomic E-state index is 5.76. The molecule has 0 saturated heterocycles. The van der Waals surface area contributed by atoms with Crippen molar-refractivity contribution >= 4 is 11.3 Å². The van der Waals surface area contributed by atoms with Crippen LogP contribution in [-0.4, -0.2) is 30.3 Å². The van der Waals surface area contributed by atoms with Gasteiger partial charge in [-0.05, 0) is 25.8 Å². The van der Waals surface area contributed by atoms with E-state index in [2.05, 4.69) is 17.2 Å². The van der Waals surface area contributed by atoms with E-state index in [4.69, 9.17) is 4.74 Å². The Hall–Kier alpha value is -0.450. The van der Waals surface area contributed by atoms with E-state index in [-0.39, 0.29) is 5.60 Å². The Bertz CT molecular complexity index is 303. The second kappa shape index (κ2) is 5.25. The smallest absolute Gasteiger partial charge is 0.0834 e. The molecule has 1 unspecified atom stereocenters. The lowest BCUT2D eigenvalue weighted by molar-refractivity contribution is -0.0976. The van der Waals surface area contributed by atoms with Crippen molar-refractivity contribution in [2.75, 3.05) is 13.7 Å². The molecule has 0 aliphatic heterocycles. The molecule has 2 rings (SSSR count). The third-order valence-electron chi connectivity index (χ3n) is 3.58. The lowest BCUT2D eigenvalue weighted by Crippen LogP contribution is -2.57. The minimum Gasteiger partial charge on any atom is -0.377 e. The number of methoxy groups -OCH3 is 1. The molecule has 1 aromatic rings. The number of aromatic nitrogens is 1. The molecule has 16 heavy (non-hydrogen) atoms. The number of hydrogen-bond acceptors (Lipinski definition) is 4. The summed E-state index contributed by atoms with van der Waals surface area (Å²) >= 11 is 1.73. The van der Waals surface area contributed by atoms with Gasteiger partial charge in [-0.1, -0.05) is 6.92 Å². The fourth-order valence-electron chi connectivity index (χ4n) is 2.45. The summed E-state index contributed by atoms with van der Waals surface area (Å²) in [4.78, 5) is 5.48. The fraction of sp³-hybridized carbons (Fsp3) is 0.750. The van der Waals surface area contributed by atoms with Gasteiger partial charge >= 0.3 is 0 Å². The van der Waals surface area contributed by atoms with Crippen LogP contribution in [0, 0.1) is 0 Å². The summed E-state index contributed by atoms with van der Waals surface area (Å²) < 4.78 is 5.76. The molecule has 0 amide bonds. The topological polar surface area (TPSA) is 34.2 Å². The number of hydrogen-bond donors (Lipinski definition) is 1. The molecule has 1 heterocycles. The number of likely N-dealkylation sites (N-methyl/N-ethyl adjacent to an activating group) is 1. The predicted molar refractivity (Wildman–Crippen MR) is 66.9 cm³/mol. The van der Waals surface area contributed by atoms with E-state index in [9.17, 15) is 0 Å². The number of nitrogens with zero attached hydrogens (tertiary/aromatic N) is 1. The predicted octanol–water partition coefficient (Wildman–Crippen LogP) is 2.23. The van der Waals surface area contributed by atoms with Crippen molar-refractivity contribution < 1.29 is 4.74 Å². The summed E-state index contributed by atoms with van der Waals surface area (Å²) in [5.41, 5.74) is 1.97. The largest absolute Gasteiger partial charge is 0.377 e. The fourth-order valence-corrected chi connectivity index (χ4v) is 3.10. The number of nitrogens with one attached hydrogen (secondary N) is 1. The van der Waals surface area contributed by atoms with E-state index in [0.29, 0.717) is 6.04 Å². The van der Waals surface area contributed by atoms with Gasteiger partial charge in [-0.25, -0.2) is 0 Å². The van der Waals surface area contributed by atoms with Gasteiger partial charge < -0.3 is 10.1 Å². The monoisotopic (exact) mass is 240 g/mol. The molecule has 0 radical (unpaired) electrons. The molecule has 1 fully saturated rings. The zero-order valence-corrected chi connectivity index (χ0v) is 10.8. The second-order valence-electron chi connectivity index (χ2n) is 4.40. The molecule has 1 N–H and O–H groups in total. The summed E-state index contributed by atoms with van der Waals surface area (Å²) in [6.45, 7) is 3.15. The Kier molecular flexibility index (Phi) is 3.95. The Balaban J connectivity index is 2.04. The Morgan fingerprint density at radius 3 is 2.88 bits per heavy atom. The van der Waals surface area contributed by atoms with Gasteiger partial charge in [0.25, 0.3) is 0 Å². The van der Waals surface area contributed by atoms with Crippen LogP contribution in [-0.2, 0) is 11.2 Å². The molecule has 0 aromatic carbocycles. The highest BCUT2D eigenvalue weighted by molar-refractivity contribution is 7.09. The van der Waals surface area contributed by atoms with Crippen LogP contribution >= 0.6 is 11.3 Å². The molecule has 3 nitrogen and oxygen atoms in total. The van der Waals surface area contributed by atoms with Crippen molar-refractivity contribution in [3.63, 3.8) is 0 Å². The number of rotatable bonds is 6. The highest BCUT2D eigenvalue weighted by Gasteiger charge is 2.44. The Labute approximate surface area is 101 Å². The van der Waals surface area contributed by atoms with E-state index in [1.807, 2.05) is 18.8 Å². The van der Waals surface area contributed by atoms with Gasteiger partial charge in [-0.2, -0.15) is 0 Å². The van der Waals surface area contributed by atoms with E-state index in [0.717, 1.165) is 13.0 Å². The maximum Gasteiger partial charge on any atom is 0.0834 e. The SMILES string of the molecule is CCNC(Cc1cncs1)C1(OC)CCC1. The third-order valence-corrected chi connectivity index (χ3v) is 4.38. The molecule has 1 aromatic heterocycles. The van der Waals surface area contributed by atoms with Gasteiger partial charge in [0.1, 0.15) is 0 Å². The maximum atomic E-state index is 5.76. The Morgan fingerprint density at radius 1 is 1.62 bits per heavy atom. The molecule has 0 spiro atoms. The van der Waals surface area contributed by atoms with Crippen molar-refractivity contribution in [1.29, 1.82) is 0 Å². The van der Waals surface area contributed by atoms with Crippen molar-refractivity contribution in [3.8, 4) is 0 Å². The molecule has 90 valence electrons. The van der Waals surface area contributed by atoms with E-state index < -0.39 is 0 Å². The van der Waals surface area contributed by atoms with Crippen molar-refractivity contribution in [1.82, 2.24) is 10.3 Å². The molecule has 1 saturated carbocycles. The molecule has 4 heteroatoms. The minimum atomic E-state index is 0.0694. The normalized spacial score (nSPS) is 20.4. The molecule has 1 aliphatic rings. The van der Waals surface area contributed by atoms with Crippen LogP contribution in [0.4, 0.5) is 0 Å². The number of thiazole rings is 1. The van der Waals surface area contributed by atoms with Crippen LogP contribution < -0.4 is 5.32 Å². The van der Waals surface area contributed by atoms with Crippen molar-refractivity contribution in [3.05, 3.63) is 16.6 Å². The molecule has 1 aliphatic carbocycles. The zero-order chi connectivity index (χ0) is 11.4. The van der Waals surface area contributed by atoms with Gasteiger partial charge in [-0.3, -0.25) is 4.98 Å². The average molecular weight is 240 g/mol. The first-order valence-electron chi connectivity index (χ1n) is 5.96.